The summed E-state index contributed by atoms with van der Waals surface area (Å²) in [6.45, 7) is 14.1. The highest BCUT2D eigenvalue weighted by Gasteiger charge is 2.21. The van der Waals surface area contributed by atoms with Gasteiger partial charge in [0.15, 0.2) is 0 Å². The summed E-state index contributed by atoms with van der Waals surface area (Å²) in [5, 5.41) is 0. The van der Waals surface area contributed by atoms with E-state index in [1.54, 1.807) is 0 Å². The minimum atomic E-state index is 0.261. The van der Waals surface area contributed by atoms with Crippen LogP contribution in [0.5, 0.6) is 11.5 Å². The molecule has 3 heteroatoms. The van der Waals surface area contributed by atoms with Gasteiger partial charge in [0.25, 0.3) is 0 Å². The van der Waals surface area contributed by atoms with Crippen LogP contribution < -0.4 is 20.4 Å². The highest BCUT2D eigenvalue weighted by atomic mass is 16.5. The van der Waals surface area contributed by atoms with Crippen LogP contribution in [-0.2, 0) is 6.42 Å². The fourth-order valence-corrected chi connectivity index (χ4v) is 3.42. The maximum absolute atomic E-state index is 5.93. The van der Waals surface area contributed by atoms with E-state index in [-0.39, 0.29) is 6.71 Å². The van der Waals surface area contributed by atoms with Gasteiger partial charge in [0.1, 0.15) is 11.5 Å². The lowest BCUT2D eigenvalue weighted by Crippen LogP contribution is -2.43. The van der Waals surface area contributed by atoms with Crippen molar-refractivity contribution in [3.05, 3.63) is 73.3 Å². The summed E-state index contributed by atoms with van der Waals surface area (Å²) in [5.74, 6) is 1.88. The van der Waals surface area contributed by atoms with Crippen LogP contribution >= 0.6 is 0 Å². The monoisotopic (exact) mass is 390 g/mol. The van der Waals surface area contributed by atoms with Gasteiger partial charge >= 0.3 is 0 Å². The normalized spacial score (nSPS) is 10.4. The zero-order chi connectivity index (χ0) is 20.9. The Hall–Kier alpha value is -2.42. The van der Waals surface area contributed by atoms with E-state index in [0.717, 1.165) is 63.1 Å². The fourth-order valence-electron chi connectivity index (χ4n) is 3.42. The Morgan fingerprint density at radius 3 is 2.03 bits per heavy atom. The molecule has 2 rings (SSSR count). The van der Waals surface area contributed by atoms with E-state index in [9.17, 15) is 0 Å². The van der Waals surface area contributed by atoms with Gasteiger partial charge in [0.05, 0.1) is 13.2 Å². The largest absolute Gasteiger partial charge is 0.494 e. The number of ether oxygens (including phenoxy) is 2. The summed E-state index contributed by atoms with van der Waals surface area (Å²) in [7, 11) is 0. The number of hydrogen-bond donors (Lipinski definition) is 0. The average Bonchev–Trinajstić information content (AvgIpc) is 2.74. The zero-order valence-corrected chi connectivity index (χ0v) is 18.2. The minimum Gasteiger partial charge on any atom is -0.494 e. The van der Waals surface area contributed by atoms with Gasteiger partial charge in [-0.3, -0.25) is 0 Å². The van der Waals surface area contributed by atoms with E-state index in [2.05, 4.69) is 69.5 Å². The van der Waals surface area contributed by atoms with Crippen molar-refractivity contribution in [1.82, 2.24) is 0 Å². The second kappa shape index (κ2) is 12.9. The molecule has 0 saturated carbocycles. The topological polar surface area (TPSA) is 18.5 Å². The van der Waals surface area contributed by atoms with E-state index in [1.807, 2.05) is 12.2 Å². The molecule has 0 aliphatic heterocycles. The average molecular weight is 390 g/mol. The molecule has 0 amide bonds. The van der Waals surface area contributed by atoms with Gasteiger partial charge in [-0.25, -0.2) is 0 Å². The quantitative estimate of drug-likeness (QED) is 0.239. The Labute approximate surface area is 177 Å². The zero-order valence-electron chi connectivity index (χ0n) is 18.2. The molecule has 0 unspecified atom stereocenters. The van der Waals surface area contributed by atoms with E-state index >= 15 is 0 Å². The molecule has 0 heterocycles. The molecule has 0 aliphatic rings. The van der Waals surface area contributed by atoms with Gasteiger partial charge in [0.2, 0.25) is 6.71 Å². The van der Waals surface area contributed by atoms with Crippen molar-refractivity contribution in [2.24, 2.45) is 0 Å². The molecule has 0 saturated heterocycles. The summed E-state index contributed by atoms with van der Waals surface area (Å²) in [4.78, 5) is 0. The van der Waals surface area contributed by atoms with Crippen molar-refractivity contribution >= 4 is 17.6 Å². The van der Waals surface area contributed by atoms with E-state index in [0.29, 0.717) is 0 Å². The third kappa shape index (κ3) is 7.16. The van der Waals surface area contributed by atoms with Crippen LogP contribution in [0.1, 0.15) is 45.1 Å². The smallest absolute Gasteiger partial charge is 0.213 e. The second-order valence-corrected chi connectivity index (χ2v) is 7.40. The fraction of sp³-hybridized carbons (Fsp3) is 0.385. The first kappa shape index (κ1) is 22.9. The molecular formula is C26H35BO2. The maximum Gasteiger partial charge on any atom is 0.213 e. The summed E-state index contributed by atoms with van der Waals surface area (Å²) in [6, 6.07) is 15.0. The van der Waals surface area contributed by atoms with Crippen molar-refractivity contribution in [3.8, 4) is 11.5 Å². The lowest BCUT2D eigenvalue weighted by molar-refractivity contribution is 0.309. The Kier molecular flexibility index (Phi) is 10.2. The molecule has 0 aromatic heterocycles. The highest BCUT2D eigenvalue weighted by Crippen LogP contribution is 2.16. The van der Waals surface area contributed by atoms with Crippen molar-refractivity contribution in [3.63, 3.8) is 0 Å². The minimum absolute atomic E-state index is 0.261. The van der Waals surface area contributed by atoms with Crippen molar-refractivity contribution in [1.29, 1.82) is 0 Å². The third-order valence-corrected chi connectivity index (χ3v) is 5.07. The van der Waals surface area contributed by atoms with Gasteiger partial charge in [-0.1, -0.05) is 68.0 Å². The first-order chi connectivity index (χ1) is 14.2. The lowest BCUT2D eigenvalue weighted by Gasteiger charge is -2.19. The molecule has 0 bridgehead atoms. The van der Waals surface area contributed by atoms with Crippen LogP contribution in [0.25, 0.3) is 0 Å². The Bertz CT molecular complexity index is 752. The molecule has 2 aromatic carbocycles. The Balaban J connectivity index is 2.26. The van der Waals surface area contributed by atoms with Crippen LogP contribution in [-0.4, -0.2) is 19.9 Å². The standard InChI is InChI=1S/C26H35BO2/c1-5-9-19-28-24-14-12-23(13-15-24)27(18-8-4)26-17-16-25(29-20-10-6-2)21-22(26)11-7-3/h7-8,12-17,21H,3-6,9-11,18-20H2,1-2H3. The number of unbranched alkanes of at least 4 members (excludes halogenated alkanes) is 2. The molecule has 154 valence electrons. The lowest BCUT2D eigenvalue weighted by atomic mass is 9.38. The first-order valence-electron chi connectivity index (χ1n) is 10.9. The van der Waals surface area contributed by atoms with E-state index < -0.39 is 0 Å². The predicted molar refractivity (Wildman–Crippen MR) is 128 cm³/mol. The van der Waals surface area contributed by atoms with Crippen LogP contribution in [0.4, 0.5) is 0 Å². The molecule has 0 atom stereocenters. The summed E-state index contributed by atoms with van der Waals surface area (Å²) in [6.07, 6.45) is 10.1. The van der Waals surface area contributed by atoms with Gasteiger partial charge in [-0.2, -0.15) is 0 Å². The second-order valence-electron chi connectivity index (χ2n) is 7.40. The van der Waals surface area contributed by atoms with Crippen LogP contribution in [0.15, 0.2) is 67.8 Å². The van der Waals surface area contributed by atoms with Gasteiger partial charge in [-0.05, 0) is 55.4 Å². The molecule has 2 nitrogen and oxygen atoms in total. The van der Waals surface area contributed by atoms with Gasteiger partial charge < -0.3 is 9.47 Å². The molecule has 0 spiro atoms. The molecule has 29 heavy (non-hydrogen) atoms. The summed E-state index contributed by atoms with van der Waals surface area (Å²) >= 11 is 0. The number of rotatable bonds is 14. The van der Waals surface area contributed by atoms with E-state index in [4.69, 9.17) is 9.47 Å². The molecule has 0 radical (unpaired) electrons. The molecule has 0 fully saturated rings. The Morgan fingerprint density at radius 1 is 0.828 bits per heavy atom. The van der Waals surface area contributed by atoms with E-state index in [1.165, 1.54) is 16.5 Å². The maximum atomic E-state index is 5.93. The molecule has 0 aliphatic carbocycles. The number of benzene rings is 2. The van der Waals surface area contributed by atoms with Crippen molar-refractivity contribution in [2.45, 2.75) is 52.3 Å². The predicted octanol–water partition coefficient (Wildman–Crippen LogP) is 5.57. The summed E-state index contributed by atoms with van der Waals surface area (Å²) in [5.41, 5.74) is 3.86. The number of hydrogen-bond acceptors (Lipinski definition) is 2. The third-order valence-electron chi connectivity index (χ3n) is 5.07. The first-order valence-corrected chi connectivity index (χ1v) is 10.9. The Morgan fingerprint density at radius 2 is 1.45 bits per heavy atom. The molecule has 0 N–H and O–H groups in total. The van der Waals surface area contributed by atoms with Crippen molar-refractivity contribution < 1.29 is 9.47 Å². The van der Waals surface area contributed by atoms with Crippen molar-refractivity contribution in [2.75, 3.05) is 13.2 Å². The molecule has 2 aromatic rings. The number of allylic oxidation sites excluding steroid dienone is 2. The van der Waals surface area contributed by atoms with Crippen LogP contribution in [0, 0.1) is 0 Å². The van der Waals surface area contributed by atoms with Gasteiger partial charge in [-0.15, -0.1) is 13.2 Å². The van der Waals surface area contributed by atoms with Crippen LogP contribution in [0.2, 0.25) is 6.32 Å². The SMILES string of the molecule is C=CCB(c1ccc(OCCCC)cc1)c1ccc(OCCCC)cc1CC=C. The summed E-state index contributed by atoms with van der Waals surface area (Å²) < 4.78 is 11.7. The van der Waals surface area contributed by atoms with Crippen LogP contribution in [0.3, 0.4) is 0 Å². The highest BCUT2D eigenvalue weighted by molar-refractivity contribution is 6.85. The van der Waals surface area contributed by atoms with Gasteiger partial charge in [0, 0.05) is 0 Å². The molecular weight excluding hydrogens is 355 g/mol.